The summed E-state index contributed by atoms with van der Waals surface area (Å²) >= 11 is 6.23. The highest BCUT2D eigenvalue weighted by Crippen LogP contribution is 2.75. The molecule has 1 aliphatic heterocycles. The summed E-state index contributed by atoms with van der Waals surface area (Å²) in [5, 5.41) is 15.0. The quantitative estimate of drug-likeness (QED) is 0.242. The standard InChI is InChI=1S/C45H66ClN3O5S/c1-31-33(32-11-18-44(19-12-32,40(50)51)22-28-54-39-37(46)8-6-23-47-39)13-16-41(2)34(31)14-17-43(4)38(41)10-9-35-36-7-5-15-45(36,21-20-42(35,43)3)48-24-25-49-26-29-55(52,53)30-27-49/h6,8,11,13,23,31,34-36,38,48H,5,7,9-10,12,14-22,24-30H2,1-4H3,(H,50,51)/t31?,34?,35?,36-,38?,41?,42-,43?,44?,45?/m1/s1. The number of pyridine rings is 1. The van der Waals surface area contributed by atoms with E-state index >= 15 is 0 Å². The van der Waals surface area contributed by atoms with Gasteiger partial charge in [-0.3, -0.25) is 4.79 Å². The van der Waals surface area contributed by atoms with Crippen LogP contribution in [0.15, 0.2) is 41.6 Å². The fraction of sp³-hybridized carbons (Fsp3) is 0.778. The second-order valence-electron chi connectivity index (χ2n) is 19.9. The monoisotopic (exact) mass is 795 g/mol. The molecule has 304 valence electrons. The molecule has 1 aromatic heterocycles. The molecule has 0 aromatic carbocycles. The molecule has 5 fully saturated rings. The Hall–Kier alpha value is -1.94. The van der Waals surface area contributed by atoms with E-state index in [9.17, 15) is 18.3 Å². The Bertz CT molecular complexity index is 1800. The van der Waals surface area contributed by atoms with Gasteiger partial charge in [0.25, 0.3) is 0 Å². The molecular weight excluding hydrogens is 730 g/mol. The van der Waals surface area contributed by atoms with Crippen LogP contribution in [0.3, 0.4) is 0 Å². The lowest BCUT2D eigenvalue weighted by Gasteiger charge is -2.71. The van der Waals surface area contributed by atoms with Crippen LogP contribution in [0, 0.1) is 51.2 Å². The van der Waals surface area contributed by atoms with E-state index in [1.54, 1.807) is 18.3 Å². The first kappa shape index (κ1) is 39.9. The molecule has 4 saturated carbocycles. The summed E-state index contributed by atoms with van der Waals surface area (Å²) in [5.74, 6) is 3.58. The molecule has 2 N–H and O–H groups in total. The number of fused-ring (bicyclic) bond motifs is 7. The van der Waals surface area contributed by atoms with Crippen LogP contribution in [0.25, 0.3) is 0 Å². The number of nitrogens with one attached hydrogen (secondary N) is 1. The summed E-state index contributed by atoms with van der Waals surface area (Å²) in [6.07, 6.45) is 21.8. The molecule has 10 heteroatoms. The van der Waals surface area contributed by atoms with Gasteiger partial charge in [-0.1, -0.05) is 57.9 Å². The molecule has 0 amide bonds. The molecule has 1 saturated heterocycles. The van der Waals surface area contributed by atoms with E-state index in [0.29, 0.717) is 83.3 Å². The number of nitrogens with zero attached hydrogens (tertiary/aromatic N) is 2. The molecule has 6 aliphatic carbocycles. The smallest absolute Gasteiger partial charge is 0.310 e. The first-order chi connectivity index (χ1) is 26.2. The van der Waals surface area contributed by atoms with Crippen molar-refractivity contribution in [3.63, 3.8) is 0 Å². The molecule has 0 radical (unpaired) electrons. The van der Waals surface area contributed by atoms with Crippen LogP contribution in [0.1, 0.15) is 118 Å². The van der Waals surface area contributed by atoms with Gasteiger partial charge in [-0.2, -0.15) is 0 Å². The van der Waals surface area contributed by atoms with E-state index in [-0.39, 0.29) is 17.6 Å². The molecule has 8 rings (SSSR count). The first-order valence-electron chi connectivity index (χ1n) is 21.7. The third-order valence-electron chi connectivity index (χ3n) is 17.9. The van der Waals surface area contributed by atoms with Crippen molar-refractivity contribution in [3.8, 4) is 5.88 Å². The molecule has 2 heterocycles. The van der Waals surface area contributed by atoms with Crippen molar-refractivity contribution in [1.82, 2.24) is 15.2 Å². The van der Waals surface area contributed by atoms with Crippen molar-refractivity contribution in [2.24, 2.45) is 51.2 Å². The highest BCUT2D eigenvalue weighted by molar-refractivity contribution is 7.91. The van der Waals surface area contributed by atoms with E-state index in [1.807, 2.05) is 0 Å². The molecule has 8 nitrogen and oxygen atoms in total. The summed E-state index contributed by atoms with van der Waals surface area (Å²) in [7, 11) is -2.85. The molecule has 7 aliphatic rings. The van der Waals surface area contributed by atoms with Gasteiger partial charge in [0.2, 0.25) is 5.88 Å². The summed E-state index contributed by atoms with van der Waals surface area (Å²) in [5.41, 5.74) is 3.24. The average Bonchev–Trinajstić information content (AvgIpc) is 3.58. The predicted octanol–water partition coefficient (Wildman–Crippen LogP) is 8.76. The number of rotatable bonds is 10. The van der Waals surface area contributed by atoms with Gasteiger partial charge in [0.05, 0.1) is 23.5 Å². The minimum Gasteiger partial charge on any atom is -0.481 e. The predicted molar refractivity (Wildman–Crippen MR) is 219 cm³/mol. The third-order valence-corrected chi connectivity index (χ3v) is 19.8. The van der Waals surface area contributed by atoms with Gasteiger partial charge in [0.15, 0.2) is 9.84 Å². The highest BCUT2D eigenvalue weighted by Gasteiger charge is 2.68. The molecule has 10 atom stereocenters. The van der Waals surface area contributed by atoms with Gasteiger partial charge >= 0.3 is 5.97 Å². The Balaban J connectivity index is 0.941. The Kier molecular flexibility index (Phi) is 10.7. The zero-order valence-electron chi connectivity index (χ0n) is 33.9. The number of hydrogen-bond donors (Lipinski definition) is 2. The maximum absolute atomic E-state index is 12.7. The van der Waals surface area contributed by atoms with E-state index < -0.39 is 21.2 Å². The molecule has 8 unspecified atom stereocenters. The molecule has 0 bridgehead atoms. The van der Waals surface area contributed by atoms with Crippen LogP contribution in [-0.2, 0) is 14.6 Å². The Morgan fingerprint density at radius 3 is 2.51 bits per heavy atom. The normalized spacial score (nSPS) is 42.5. The number of aromatic nitrogens is 1. The van der Waals surface area contributed by atoms with Crippen LogP contribution in [0.5, 0.6) is 5.88 Å². The molecule has 0 spiro atoms. The lowest BCUT2D eigenvalue weighted by atomic mass is 9.34. The summed E-state index contributed by atoms with van der Waals surface area (Å²) in [6, 6.07) is 3.50. The molecule has 55 heavy (non-hydrogen) atoms. The van der Waals surface area contributed by atoms with Gasteiger partial charge in [0.1, 0.15) is 5.02 Å². The zero-order valence-corrected chi connectivity index (χ0v) is 35.5. The van der Waals surface area contributed by atoms with Crippen molar-refractivity contribution in [3.05, 3.63) is 46.7 Å². The third kappa shape index (κ3) is 6.75. The number of carbonyl (C=O) groups is 1. The number of sulfone groups is 1. The Morgan fingerprint density at radius 2 is 1.78 bits per heavy atom. The van der Waals surface area contributed by atoms with E-state index in [1.165, 1.54) is 68.9 Å². The number of carboxylic acids is 1. The highest BCUT2D eigenvalue weighted by atomic mass is 35.5. The van der Waals surface area contributed by atoms with Crippen molar-refractivity contribution in [2.45, 2.75) is 123 Å². The molecular formula is C45H66ClN3O5S. The number of aliphatic carboxylic acids is 1. The van der Waals surface area contributed by atoms with E-state index in [2.05, 4.69) is 55.0 Å². The van der Waals surface area contributed by atoms with Crippen molar-refractivity contribution in [2.75, 3.05) is 44.3 Å². The van der Waals surface area contributed by atoms with Gasteiger partial charge in [0, 0.05) is 37.9 Å². The zero-order chi connectivity index (χ0) is 38.9. The van der Waals surface area contributed by atoms with Gasteiger partial charge < -0.3 is 20.1 Å². The number of carboxylic acid groups (broad SMARTS) is 1. The maximum atomic E-state index is 12.7. The fourth-order valence-electron chi connectivity index (χ4n) is 14.5. The van der Waals surface area contributed by atoms with Crippen LogP contribution in [-0.4, -0.2) is 79.2 Å². The topological polar surface area (TPSA) is 109 Å². The average molecular weight is 797 g/mol. The maximum Gasteiger partial charge on any atom is 0.310 e. The van der Waals surface area contributed by atoms with Crippen LogP contribution >= 0.6 is 11.6 Å². The summed E-state index contributed by atoms with van der Waals surface area (Å²) in [4.78, 5) is 19.3. The summed E-state index contributed by atoms with van der Waals surface area (Å²) < 4.78 is 29.8. The minimum atomic E-state index is -2.85. The number of ether oxygens (including phenoxy) is 1. The molecule has 1 aromatic rings. The van der Waals surface area contributed by atoms with E-state index in [4.69, 9.17) is 16.3 Å². The number of halogens is 1. The van der Waals surface area contributed by atoms with Crippen molar-refractivity contribution < 1.29 is 23.1 Å². The van der Waals surface area contributed by atoms with Crippen LogP contribution < -0.4 is 10.1 Å². The second-order valence-corrected chi connectivity index (χ2v) is 22.6. The van der Waals surface area contributed by atoms with Gasteiger partial charge in [-0.25, -0.2) is 13.4 Å². The van der Waals surface area contributed by atoms with Crippen molar-refractivity contribution in [1.29, 1.82) is 0 Å². The second kappa shape index (κ2) is 14.7. The number of allylic oxidation sites excluding steroid dienone is 4. The minimum absolute atomic E-state index is 0.249. The SMILES string of the molecule is CC1C(C2=CCC(CCOc3ncccc3Cl)(C(=O)O)CC2)=CCC2(C)C1CCC1(C)C2CCC2[C@H]3CCCC3(NCCN3CCS(=O)(=O)CC3)CC[C@]21C. The van der Waals surface area contributed by atoms with Crippen molar-refractivity contribution >= 4 is 27.4 Å². The van der Waals surface area contributed by atoms with Crippen LogP contribution in [0.2, 0.25) is 5.02 Å². The van der Waals surface area contributed by atoms with Crippen LogP contribution in [0.4, 0.5) is 0 Å². The fourth-order valence-corrected chi connectivity index (χ4v) is 15.9. The Morgan fingerprint density at radius 1 is 0.982 bits per heavy atom. The van der Waals surface area contributed by atoms with E-state index in [0.717, 1.165) is 37.8 Å². The Labute approximate surface area is 335 Å². The van der Waals surface area contributed by atoms with Gasteiger partial charge in [-0.05, 0) is 153 Å². The largest absolute Gasteiger partial charge is 0.481 e. The first-order valence-corrected chi connectivity index (χ1v) is 23.9. The lowest BCUT2D eigenvalue weighted by Crippen LogP contribution is -2.67. The number of hydrogen-bond acceptors (Lipinski definition) is 7. The lowest BCUT2D eigenvalue weighted by molar-refractivity contribution is -0.212. The van der Waals surface area contributed by atoms with Gasteiger partial charge in [-0.15, -0.1) is 0 Å². The summed E-state index contributed by atoms with van der Waals surface area (Å²) in [6.45, 7) is 14.1.